The van der Waals surface area contributed by atoms with Gasteiger partial charge < -0.3 is 10.8 Å². The van der Waals surface area contributed by atoms with Gasteiger partial charge in [-0.05, 0) is 50.9 Å². The summed E-state index contributed by atoms with van der Waals surface area (Å²) in [5, 5.41) is 8.56. The largest absolute Gasteiger partial charge is 0.480 e. The standard InChI is InChI=1S/C11H16F2O.C8H11F2NO2/c1-3-8(6(2)14)7-4-9-10(5-7)11(9,12)13;9-8(10)4-1-3(2-5(4)8)6(11)7(12)13/h7-10H,3-5H2,1-2H3;3-6H,1-2,11H2,(H,12,13). The fraction of sp³-hybridized carbons (Fsp3) is 0.895. The van der Waals surface area contributed by atoms with Crippen LogP contribution in [0.25, 0.3) is 0 Å². The lowest BCUT2D eigenvalue weighted by atomic mass is 9.83. The van der Waals surface area contributed by atoms with Crippen LogP contribution >= 0.6 is 0 Å². The zero-order valence-corrected chi connectivity index (χ0v) is 15.5. The molecule has 0 aromatic heterocycles. The van der Waals surface area contributed by atoms with Gasteiger partial charge in [-0.1, -0.05) is 6.92 Å². The van der Waals surface area contributed by atoms with Crippen LogP contribution in [0.2, 0.25) is 0 Å². The van der Waals surface area contributed by atoms with Gasteiger partial charge in [0.25, 0.3) is 11.8 Å². The summed E-state index contributed by atoms with van der Waals surface area (Å²) < 4.78 is 51.2. The van der Waals surface area contributed by atoms with Crippen LogP contribution in [0.1, 0.15) is 46.0 Å². The third-order valence-electron chi connectivity index (χ3n) is 7.28. The molecule has 6 unspecified atom stereocenters. The molecule has 4 aliphatic rings. The lowest BCUT2D eigenvalue weighted by Gasteiger charge is -2.21. The normalized spacial score (nSPS) is 41.4. The monoisotopic (exact) mass is 393 g/mol. The maximum Gasteiger partial charge on any atom is 0.320 e. The van der Waals surface area contributed by atoms with Crippen molar-refractivity contribution in [2.45, 2.75) is 63.8 Å². The Kier molecular flexibility index (Phi) is 5.11. The first-order chi connectivity index (χ1) is 12.4. The van der Waals surface area contributed by atoms with Gasteiger partial charge in [0.2, 0.25) is 0 Å². The molecule has 27 heavy (non-hydrogen) atoms. The molecule has 4 fully saturated rings. The molecular formula is C19H27F4NO3. The number of carboxylic acids is 1. The Morgan fingerprint density at radius 2 is 1.33 bits per heavy atom. The lowest BCUT2D eigenvalue weighted by Crippen LogP contribution is -2.38. The molecule has 3 N–H and O–H groups in total. The van der Waals surface area contributed by atoms with Crippen molar-refractivity contribution in [3.8, 4) is 0 Å². The molecule has 0 spiro atoms. The highest BCUT2D eigenvalue weighted by Crippen LogP contribution is 2.67. The average molecular weight is 393 g/mol. The number of hydrogen-bond donors (Lipinski definition) is 2. The summed E-state index contributed by atoms with van der Waals surface area (Å²) in [6, 6.07) is -0.969. The Labute approximate surface area is 155 Å². The lowest BCUT2D eigenvalue weighted by molar-refractivity contribution is -0.140. The van der Waals surface area contributed by atoms with E-state index in [9.17, 15) is 27.2 Å². The van der Waals surface area contributed by atoms with Crippen LogP contribution in [0, 0.1) is 41.4 Å². The predicted octanol–water partition coefficient (Wildman–Crippen LogP) is 3.58. The summed E-state index contributed by atoms with van der Waals surface area (Å²) in [6.45, 7) is 3.55. The third-order valence-corrected chi connectivity index (χ3v) is 7.28. The van der Waals surface area contributed by atoms with Crippen LogP contribution in [-0.2, 0) is 9.59 Å². The molecule has 0 heterocycles. The number of carbonyl (C=O) groups excluding carboxylic acids is 1. The molecule has 0 aliphatic heterocycles. The minimum absolute atomic E-state index is 0.0265. The highest BCUT2D eigenvalue weighted by molar-refractivity contribution is 5.78. The molecule has 4 nitrogen and oxygen atoms in total. The van der Waals surface area contributed by atoms with Crippen molar-refractivity contribution in [2.75, 3.05) is 0 Å². The van der Waals surface area contributed by atoms with Crippen LogP contribution in [-0.4, -0.2) is 34.7 Å². The van der Waals surface area contributed by atoms with Gasteiger partial charge in [-0.25, -0.2) is 17.6 Å². The molecule has 0 bridgehead atoms. The van der Waals surface area contributed by atoms with Crippen LogP contribution < -0.4 is 5.73 Å². The van der Waals surface area contributed by atoms with Gasteiger partial charge in [0.1, 0.15) is 11.8 Å². The Bertz CT molecular complexity index is 598. The maximum atomic E-state index is 12.9. The number of carbonyl (C=O) groups is 2. The van der Waals surface area contributed by atoms with Crippen molar-refractivity contribution < 1.29 is 32.3 Å². The van der Waals surface area contributed by atoms with Crippen molar-refractivity contribution in [1.29, 1.82) is 0 Å². The van der Waals surface area contributed by atoms with E-state index in [1.165, 1.54) is 0 Å². The molecule has 6 atom stereocenters. The number of nitrogens with two attached hydrogens (primary N) is 1. The SMILES string of the molecule is CCC(C(C)=O)C1CC2C(C1)C2(F)F.NC(C(=O)O)C1CC2C(C1)C2(F)F. The number of rotatable bonds is 5. The van der Waals surface area contributed by atoms with E-state index in [1.807, 2.05) is 6.92 Å². The third kappa shape index (κ3) is 3.49. The molecule has 4 rings (SSSR count). The smallest absolute Gasteiger partial charge is 0.320 e. The Morgan fingerprint density at radius 3 is 1.63 bits per heavy atom. The van der Waals surface area contributed by atoms with Gasteiger partial charge >= 0.3 is 5.97 Å². The summed E-state index contributed by atoms with van der Waals surface area (Å²) in [5.74, 6) is -7.84. The van der Waals surface area contributed by atoms with Crippen LogP contribution in [0.3, 0.4) is 0 Å². The van der Waals surface area contributed by atoms with Crippen LogP contribution in [0.15, 0.2) is 0 Å². The van der Waals surface area contributed by atoms with Crippen molar-refractivity contribution in [1.82, 2.24) is 0 Å². The van der Waals surface area contributed by atoms with E-state index in [2.05, 4.69) is 0 Å². The summed E-state index contributed by atoms with van der Waals surface area (Å²) in [4.78, 5) is 21.7. The van der Waals surface area contributed by atoms with Crippen molar-refractivity contribution >= 4 is 11.8 Å². The van der Waals surface area contributed by atoms with E-state index >= 15 is 0 Å². The minimum atomic E-state index is -2.53. The van der Waals surface area contributed by atoms with E-state index in [-0.39, 0.29) is 36.4 Å². The summed E-state index contributed by atoms with van der Waals surface area (Å²) in [5.41, 5.74) is 5.35. The second-order valence-electron chi connectivity index (χ2n) is 8.73. The summed E-state index contributed by atoms with van der Waals surface area (Å²) in [7, 11) is 0. The van der Waals surface area contributed by atoms with Crippen LogP contribution in [0.5, 0.6) is 0 Å². The highest BCUT2D eigenvalue weighted by Gasteiger charge is 2.72. The van der Waals surface area contributed by atoms with E-state index in [0.29, 0.717) is 12.8 Å². The van der Waals surface area contributed by atoms with Gasteiger partial charge in [-0.15, -0.1) is 0 Å². The first kappa shape index (κ1) is 20.6. The summed E-state index contributed by atoms with van der Waals surface area (Å²) in [6.07, 6.45) is 2.47. The molecule has 0 aromatic rings. The predicted molar refractivity (Wildman–Crippen MR) is 89.4 cm³/mol. The van der Waals surface area contributed by atoms with Crippen molar-refractivity contribution in [3.05, 3.63) is 0 Å². The number of carboxylic acid groups (broad SMARTS) is 1. The number of hydrogen-bond acceptors (Lipinski definition) is 3. The summed E-state index contributed by atoms with van der Waals surface area (Å²) >= 11 is 0. The number of aliphatic carboxylic acids is 1. The topological polar surface area (TPSA) is 80.4 Å². The fourth-order valence-electron chi connectivity index (χ4n) is 5.48. The zero-order valence-electron chi connectivity index (χ0n) is 15.5. The van der Waals surface area contributed by atoms with Gasteiger partial charge in [-0.2, -0.15) is 0 Å². The van der Waals surface area contributed by atoms with E-state index < -0.39 is 47.5 Å². The molecule has 0 aromatic carbocycles. The number of Topliss-reactive ketones (excluding diaryl/α,β-unsaturated/α-hetero) is 1. The molecule has 0 radical (unpaired) electrons. The van der Waals surface area contributed by atoms with Crippen molar-refractivity contribution in [2.24, 2.45) is 47.2 Å². The molecule has 0 saturated heterocycles. The van der Waals surface area contributed by atoms with Gasteiger partial charge in [0.05, 0.1) is 0 Å². The quantitative estimate of drug-likeness (QED) is 0.700. The zero-order chi connectivity index (χ0) is 20.3. The molecule has 4 aliphatic carbocycles. The number of halogens is 4. The molecule has 0 amide bonds. The highest BCUT2D eigenvalue weighted by atomic mass is 19.3. The second kappa shape index (κ2) is 6.71. The van der Waals surface area contributed by atoms with Crippen LogP contribution in [0.4, 0.5) is 17.6 Å². The maximum absolute atomic E-state index is 12.9. The average Bonchev–Trinajstić information content (AvgIpc) is 3.11. The number of fused-ring (bicyclic) bond motifs is 2. The first-order valence-corrected chi connectivity index (χ1v) is 9.67. The molecule has 154 valence electrons. The first-order valence-electron chi connectivity index (χ1n) is 9.67. The van der Waals surface area contributed by atoms with Gasteiger partial charge in [0.15, 0.2) is 0 Å². The second-order valence-corrected chi connectivity index (χ2v) is 8.73. The van der Waals surface area contributed by atoms with E-state index in [1.54, 1.807) is 6.92 Å². The molecule has 8 heteroatoms. The van der Waals surface area contributed by atoms with Crippen molar-refractivity contribution in [3.63, 3.8) is 0 Å². The number of alkyl halides is 4. The Balaban J connectivity index is 0.000000156. The van der Waals surface area contributed by atoms with E-state index in [0.717, 1.165) is 6.42 Å². The van der Waals surface area contributed by atoms with E-state index in [4.69, 9.17) is 10.8 Å². The number of ketones is 1. The molecular weight excluding hydrogens is 366 g/mol. The fourth-order valence-corrected chi connectivity index (χ4v) is 5.48. The molecule has 4 saturated carbocycles. The van der Waals surface area contributed by atoms with Gasteiger partial charge in [-0.3, -0.25) is 9.59 Å². The minimum Gasteiger partial charge on any atom is -0.480 e. The van der Waals surface area contributed by atoms with Gasteiger partial charge in [0, 0.05) is 29.6 Å². The Morgan fingerprint density at radius 1 is 0.963 bits per heavy atom. The Hall–Kier alpha value is -1.18.